The first-order chi connectivity index (χ1) is 9.54. The van der Waals surface area contributed by atoms with E-state index in [1.54, 1.807) is 35.6 Å². The fraction of sp³-hybridized carbons (Fsp3) is 0.462. The lowest BCUT2D eigenvalue weighted by molar-refractivity contribution is 0.346. The molecule has 1 aliphatic rings. The Labute approximate surface area is 125 Å². The lowest BCUT2D eigenvalue weighted by Gasteiger charge is -2.25. The Bertz CT molecular complexity index is 564. The van der Waals surface area contributed by atoms with Gasteiger partial charge in [0.15, 0.2) is 5.11 Å². The molecule has 7 heteroatoms. The summed E-state index contributed by atoms with van der Waals surface area (Å²) in [7, 11) is -1.63. The van der Waals surface area contributed by atoms with Crippen LogP contribution >= 0.6 is 12.2 Å². The van der Waals surface area contributed by atoms with Crippen molar-refractivity contribution in [1.82, 2.24) is 9.62 Å². The first kappa shape index (κ1) is 15.2. The number of nitrogens with zero attached hydrogens (tertiary/aromatic N) is 1. The summed E-state index contributed by atoms with van der Waals surface area (Å²) in [4.78, 5) is 0.334. The van der Waals surface area contributed by atoms with Gasteiger partial charge in [-0.3, -0.25) is 0 Å². The third kappa shape index (κ3) is 3.47. The van der Waals surface area contributed by atoms with Crippen LogP contribution in [0.3, 0.4) is 0 Å². The maximum absolute atomic E-state index is 12.4. The Morgan fingerprint density at radius 1 is 1.15 bits per heavy atom. The van der Waals surface area contributed by atoms with Crippen LogP contribution in [0, 0.1) is 0 Å². The van der Waals surface area contributed by atoms with Gasteiger partial charge < -0.3 is 10.6 Å². The van der Waals surface area contributed by atoms with Crippen molar-refractivity contribution in [2.45, 2.75) is 24.2 Å². The van der Waals surface area contributed by atoms with Gasteiger partial charge >= 0.3 is 0 Å². The molecule has 110 valence electrons. The summed E-state index contributed by atoms with van der Waals surface area (Å²) in [6, 6.07) is 6.68. The molecule has 0 radical (unpaired) electrons. The summed E-state index contributed by atoms with van der Waals surface area (Å²) in [5.74, 6) is 0. The molecule has 1 heterocycles. The summed E-state index contributed by atoms with van der Waals surface area (Å²) in [6.07, 6.45) is 2.99. The van der Waals surface area contributed by atoms with Gasteiger partial charge in [-0.2, -0.15) is 4.31 Å². The van der Waals surface area contributed by atoms with Crippen LogP contribution in [0.1, 0.15) is 19.3 Å². The van der Waals surface area contributed by atoms with Gasteiger partial charge in [0, 0.05) is 25.8 Å². The maximum Gasteiger partial charge on any atom is 0.243 e. The van der Waals surface area contributed by atoms with E-state index in [0.29, 0.717) is 23.1 Å². The van der Waals surface area contributed by atoms with Crippen molar-refractivity contribution in [1.29, 1.82) is 0 Å². The van der Waals surface area contributed by atoms with Crippen LogP contribution in [0.2, 0.25) is 0 Å². The monoisotopic (exact) mass is 313 g/mol. The lowest BCUT2D eigenvalue weighted by atomic mass is 10.2. The zero-order valence-corrected chi connectivity index (χ0v) is 13.1. The Balaban J connectivity index is 2.14. The second kappa shape index (κ2) is 6.51. The molecule has 2 N–H and O–H groups in total. The summed E-state index contributed by atoms with van der Waals surface area (Å²) >= 11 is 5.00. The number of sulfonamides is 1. The van der Waals surface area contributed by atoms with E-state index in [0.717, 1.165) is 24.9 Å². The summed E-state index contributed by atoms with van der Waals surface area (Å²) in [6.45, 7) is 1.23. The Morgan fingerprint density at radius 2 is 1.75 bits per heavy atom. The number of anilines is 1. The third-order valence-electron chi connectivity index (χ3n) is 3.29. The molecule has 0 spiro atoms. The molecule has 1 aromatic carbocycles. The largest absolute Gasteiger partial charge is 0.366 e. The molecule has 0 bridgehead atoms. The topological polar surface area (TPSA) is 61.4 Å². The SMILES string of the molecule is CNC(=S)Nc1ccc(S(=O)(=O)N2CCCCC2)cc1. The number of piperidine rings is 1. The normalized spacial score (nSPS) is 16.6. The minimum atomic E-state index is -3.36. The minimum absolute atomic E-state index is 0.334. The van der Waals surface area contributed by atoms with Crippen molar-refractivity contribution in [3.8, 4) is 0 Å². The second-order valence-corrected chi connectivity index (χ2v) is 7.04. The number of rotatable bonds is 3. The van der Waals surface area contributed by atoms with Crippen molar-refractivity contribution >= 4 is 33.0 Å². The van der Waals surface area contributed by atoms with E-state index in [2.05, 4.69) is 10.6 Å². The third-order valence-corrected chi connectivity index (χ3v) is 5.51. The Morgan fingerprint density at radius 3 is 2.30 bits per heavy atom. The minimum Gasteiger partial charge on any atom is -0.366 e. The van der Waals surface area contributed by atoms with Crippen LogP contribution in [-0.2, 0) is 10.0 Å². The molecule has 0 atom stereocenters. The second-order valence-electron chi connectivity index (χ2n) is 4.69. The van der Waals surface area contributed by atoms with E-state index in [9.17, 15) is 8.42 Å². The van der Waals surface area contributed by atoms with E-state index in [1.165, 1.54) is 0 Å². The maximum atomic E-state index is 12.4. The quantitative estimate of drug-likeness (QED) is 0.833. The van der Waals surface area contributed by atoms with Crippen molar-refractivity contribution < 1.29 is 8.42 Å². The molecule has 5 nitrogen and oxygen atoms in total. The number of thiocarbonyl (C=S) groups is 1. The number of benzene rings is 1. The predicted molar refractivity (Wildman–Crippen MR) is 84.3 cm³/mol. The molecule has 1 saturated heterocycles. The molecule has 1 fully saturated rings. The highest BCUT2D eigenvalue weighted by atomic mass is 32.2. The van der Waals surface area contributed by atoms with Crippen molar-refractivity contribution in [3.63, 3.8) is 0 Å². The summed E-state index contributed by atoms with van der Waals surface area (Å²) < 4.78 is 26.5. The standard InChI is InChI=1S/C13H19N3O2S2/c1-14-13(19)15-11-5-7-12(8-6-11)20(17,18)16-9-3-2-4-10-16/h5-8H,2-4,9-10H2,1H3,(H2,14,15,19). The van der Waals surface area contributed by atoms with E-state index in [-0.39, 0.29) is 0 Å². The molecule has 0 saturated carbocycles. The summed E-state index contributed by atoms with van der Waals surface area (Å²) in [5.41, 5.74) is 0.766. The smallest absolute Gasteiger partial charge is 0.243 e. The first-order valence-electron chi connectivity index (χ1n) is 6.63. The van der Waals surface area contributed by atoms with Gasteiger partial charge in [-0.25, -0.2) is 8.42 Å². The molecular formula is C13H19N3O2S2. The van der Waals surface area contributed by atoms with E-state index in [4.69, 9.17) is 12.2 Å². The van der Waals surface area contributed by atoms with Crippen molar-refractivity contribution in [2.24, 2.45) is 0 Å². The molecule has 0 aliphatic carbocycles. The van der Waals surface area contributed by atoms with Crippen LogP contribution in [0.4, 0.5) is 5.69 Å². The highest BCUT2D eigenvalue weighted by Crippen LogP contribution is 2.21. The average molecular weight is 313 g/mol. The van der Waals surface area contributed by atoms with Crippen LogP contribution in [0.25, 0.3) is 0 Å². The highest BCUT2D eigenvalue weighted by Gasteiger charge is 2.25. The van der Waals surface area contributed by atoms with Gasteiger partial charge in [0.2, 0.25) is 10.0 Å². The summed E-state index contributed by atoms with van der Waals surface area (Å²) in [5, 5.41) is 6.26. The Kier molecular flexibility index (Phi) is 4.95. The molecule has 0 amide bonds. The molecule has 2 rings (SSSR count). The predicted octanol–water partition coefficient (Wildman–Crippen LogP) is 1.78. The van der Waals surface area contributed by atoms with Gasteiger partial charge in [0.05, 0.1) is 4.90 Å². The van der Waals surface area contributed by atoms with Gasteiger partial charge in [-0.05, 0) is 49.3 Å². The zero-order chi connectivity index (χ0) is 14.6. The van der Waals surface area contributed by atoms with Gasteiger partial charge in [-0.15, -0.1) is 0 Å². The van der Waals surface area contributed by atoms with Crippen LogP contribution in [-0.4, -0.2) is 38.0 Å². The zero-order valence-electron chi connectivity index (χ0n) is 11.4. The lowest BCUT2D eigenvalue weighted by Crippen LogP contribution is -2.35. The molecule has 20 heavy (non-hydrogen) atoms. The molecule has 1 aromatic rings. The Hall–Kier alpha value is -1.18. The average Bonchev–Trinajstić information content (AvgIpc) is 2.48. The van der Waals surface area contributed by atoms with Crippen LogP contribution < -0.4 is 10.6 Å². The van der Waals surface area contributed by atoms with Crippen LogP contribution in [0.5, 0.6) is 0 Å². The molecular weight excluding hydrogens is 294 g/mol. The highest BCUT2D eigenvalue weighted by molar-refractivity contribution is 7.89. The van der Waals surface area contributed by atoms with Crippen molar-refractivity contribution in [2.75, 3.05) is 25.5 Å². The number of hydrogen-bond acceptors (Lipinski definition) is 3. The van der Waals surface area contributed by atoms with Crippen LogP contribution in [0.15, 0.2) is 29.2 Å². The van der Waals surface area contributed by atoms with E-state index >= 15 is 0 Å². The molecule has 0 unspecified atom stereocenters. The van der Waals surface area contributed by atoms with Crippen molar-refractivity contribution in [3.05, 3.63) is 24.3 Å². The van der Waals surface area contributed by atoms with E-state index in [1.807, 2.05) is 0 Å². The number of nitrogens with one attached hydrogen (secondary N) is 2. The van der Waals surface area contributed by atoms with E-state index < -0.39 is 10.0 Å². The molecule has 0 aromatic heterocycles. The first-order valence-corrected chi connectivity index (χ1v) is 8.48. The molecule has 1 aliphatic heterocycles. The van der Waals surface area contributed by atoms with Gasteiger partial charge in [0.25, 0.3) is 0 Å². The van der Waals surface area contributed by atoms with Gasteiger partial charge in [-0.1, -0.05) is 6.42 Å². The van der Waals surface area contributed by atoms with Gasteiger partial charge in [0.1, 0.15) is 0 Å². The fourth-order valence-corrected chi connectivity index (χ4v) is 3.79. The fourth-order valence-electron chi connectivity index (χ4n) is 2.16. The number of hydrogen-bond donors (Lipinski definition) is 2.